The molecule has 0 aromatic heterocycles. The molecule has 0 spiro atoms. The smallest absolute Gasteiger partial charge is 0.243 e. The monoisotopic (exact) mass is 406 g/mol. The Morgan fingerprint density at radius 3 is 2.71 bits per heavy atom. The number of carbonyl (C=O) groups is 1. The molecule has 1 aromatic rings. The van der Waals surface area contributed by atoms with E-state index in [2.05, 4.69) is 21.7 Å². The van der Waals surface area contributed by atoms with E-state index in [1.54, 1.807) is 19.0 Å². The second kappa shape index (κ2) is 9.61. The predicted octanol–water partition coefficient (Wildman–Crippen LogP) is 2.56. The highest BCUT2D eigenvalue weighted by Gasteiger charge is 2.45. The molecule has 3 rings (SSSR count). The number of guanidine groups is 1. The molecule has 1 aliphatic heterocycles. The lowest BCUT2D eigenvalue weighted by Crippen LogP contribution is -2.45. The third-order valence-corrected chi connectivity index (χ3v) is 5.86. The van der Waals surface area contributed by atoms with Crippen LogP contribution in [0.1, 0.15) is 37.7 Å². The van der Waals surface area contributed by atoms with Gasteiger partial charge in [-0.3, -0.25) is 4.79 Å². The Hall–Kier alpha value is -1.79. The minimum atomic E-state index is -0.0257. The highest BCUT2D eigenvalue weighted by atomic mass is 35.5. The van der Waals surface area contributed by atoms with Gasteiger partial charge in [-0.1, -0.05) is 29.8 Å². The van der Waals surface area contributed by atoms with Crippen LogP contribution >= 0.6 is 11.6 Å². The van der Waals surface area contributed by atoms with E-state index in [9.17, 15) is 4.79 Å². The summed E-state index contributed by atoms with van der Waals surface area (Å²) < 4.78 is 5.80. The standard InChI is InChI=1S/C21H31ClN4O2/c1-26(2)19(27)14-24-20(23-13-16-7-5-6-12-28-16)25-15-21(10-11-21)17-8-3-4-9-18(17)22/h3-4,8-9,16H,5-7,10-15H2,1-2H3,(H2,23,24,25). The van der Waals surface area contributed by atoms with Crippen molar-refractivity contribution in [1.82, 2.24) is 15.5 Å². The molecule has 0 radical (unpaired) electrons. The number of hydrogen-bond acceptors (Lipinski definition) is 3. The van der Waals surface area contributed by atoms with Crippen LogP contribution in [0.2, 0.25) is 5.02 Å². The Kier molecular flexibility index (Phi) is 7.18. The summed E-state index contributed by atoms with van der Waals surface area (Å²) >= 11 is 6.42. The lowest BCUT2D eigenvalue weighted by Gasteiger charge is -2.25. The summed E-state index contributed by atoms with van der Waals surface area (Å²) in [6.07, 6.45) is 5.77. The number of carbonyl (C=O) groups excluding carboxylic acids is 1. The van der Waals surface area contributed by atoms with Crippen LogP contribution in [-0.2, 0) is 14.9 Å². The maximum absolute atomic E-state index is 12.0. The maximum Gasteiger partial charge on any atom is 0.243 e. The summed E-state index contributed by atoms with van der Waals surface area (Å²) in [5.74, 6) is 0.630. The van der Waals surface area contributed by atoms with Gasteiger partial charge in [-0.25, -0.2) is 4.99 Å². The van der Waals surface area contributed by atoms with Gasteiger partial charge in [0.2, 0.25) is 5.91 Å². The maximum atomic E-state index is 12.0. The molecule has 1 heterocycles. The lowest BCUT2D eigenvalue weighted by molar-refractivity contribution is -0.127. The number of rotatable bonds is 7. The summed E-state index contributed by atoms with van der Waals surface area (Å²) in [6, 6.07) is 8.04. The van der Waals surface area contributed by atoms with Crippen molar-refractivity contribution in [2.24, 2.45) is 4.99 Å². The van der Waals surface area contributed by atoms with Gasteiger partial charge in [0.25, 0.3) is 0 Å². The summed E-state index contributed by atoms with van der Waals surface area (Å²) in [5, 5.41) is 7.61. The minimum absolute atomic E-state index is 0.0257. The van der Waals surface area contributed by atoms with Gasteiger partial charge >= 0.3 is 0 Å². The Morgan fingerprint density at radius 2 is 2.07 bits per heavy atom. The first kappa shape index (κ1) is 20.9. The van der Waals surface area contributed by atoms with Crippen molar-refractivity contribution in [2.75, 3.05) is 40.3 Å². The van der Waals surface area contributed by atoms with Gasteiger partial charge in [-0.05, 0) is 43.7 Å². The van der Waals surface area contributed by atoms with Crippen LogP contribution in [0.4, 0.5) is 0 Å². The Labute approximate surface area is 172 Å². The SMILES string of the molecule is CN(C)C(=O)CN=C(NCC1CCCCO1)NCC1(c2ccccc2Cl)CC1. The van der Waals surface area contributed by atoms with E-state index in [0.29, 0.717) is 12.5 Å². The fourth-order valence-corrected chi connectivity index (χ4v) is 3.81. The van der Waals surface area contributed by atoms with Crippen molar-refractivity contribution in [3.63, 3.8) is 0 Å². The van der Waals surface area contributed by atoms with E-state index in [1.165, 1.54) is 12.0 Å². The van der Waals surface area contributed by atoms with Crippen molar-refractivity contribution in [1.29, 1.82) is 0 Å². The Bertz CT molecular complexity index is 697. The molecule has 1 unspecified atom stereocenters. The number of ether oxygens (including phenoxy) is 1. The van der Waals surface area contributed by atoms with Crippen LogP contribution < -0.4 is 10.6 Å². The summed E-state index contributed by atoms with van der Waals surface area (Å²) in [6.45, 7) is 2.37. The molecule has 1 saturated carbocycles. The van der Waals surface area contributed by atoms with Crippen molar-refractivity contribution in [2.45, 2.75) is 43.6 Å². The third-order valence-electron chi connectivity index (χ3n) is 5.54. The topological polar surface area (TPSA) is 66.0 Å². The molecule has 1 amide bonds. The highest BCUT2D eigenvalue weighted by Crippen LogP contribution is 2.49. The first-order valence-electron chi connectivity index (χ1n) is 10.1. The lowest BCUT2D eigenvalue weighted by atomic mass is 9.96. The van der Waals surface area contributed by atoms with Crippen LogP contribution in [0.25, 0.3) is 0 Å². The van der Waals surface area contributed by atoms with Gasteiger partial charge in [0.05, 0.1) is 6.10 Å². The zero-order valence-electron chi connectivity index (χ0n) is 16.8. The molecular formula is C21H31ClN4O2. The minimum Gasteiger partial charge on any atom is -0.376 e. The largest absolute Gasteiger partial charge is 0.376 e. The molecule has 154 valence electrons. The quantitative estimate of drug-likeness (QED) is 0.539. The fraction of sp³-hybridized carbons (Fsp3) is 0.619. The number of amides is 1. The van der Waals surface area contributed by atoms with E-state index >= 15 is 0 Å². The van der Waals surface area contributed by atoms with Gasteiger partial charge in [-0.15, -0.1) is 0 Å². The fourth-order valence-electron chi connectivity index (χ4n) is 3.48. The van der Waals surface area contributed by atoms with E-state index < -0.39 is 0 Å². The molecule has 2 aliphatic rings. The molecule has 0 bridgehead atoms. The van der Waals surface area contributed by atoms with Gasteiger partial charge in [0.15, 0.2) is 5.96 Å². The van der Waals surface area contributed by atoms with E-state index in [0.717, 1.165) is 43.9 Å². The second-order valence-electron chi connectivity index (χ2n) is 7.94. The molecule has 6 nitrogen and oxygen atoms in total. The summed E-state index contributed by atoms with van der Waals surface area (Å²) in [4.78, 5) is 18.0. The molecule has 1 aromatic carbocycles. The van der Waals surface area contributed by atoms with Crippen LogP contribution in [0.5, 0.6) is 0 Å². The van der Waals surface area contributed by atoms with Crippen LogP contribution in [0.15, 0.2) is 29.3 Å². The number of benzene rings is 1. The zero-order valence-corrected chi connectivity index (χ0v) is 17.6. The molecule has 1 atom stereocenters. The average Bonchev–Trinajstić information content (AvgIpc) is 3.49. The number of halogens is 1. The second-order valence-corrected chi connectivity index (χ2v) is 8.34. The molecule has 1 saturated heterocycles. The normalized spacial score (nSPS) is 21.1. The average molecular weight is 407 g/mol. The summed E-state index contributed by atoms with van der Waals surface area (Å²) in [7, 11) is 3.48. The Morgan fingerprint density at radius 1 is 1.29 bits per heavy atom. The molecule has 1 aliphatic carbocycles. The van der Waals surface area contributed by atoms with Crippen LogP contribution in [0.3, 0.4) is 0 Å². The number of hydrogen-bond donors (Lipinski definition) is 2. The van der Waals surface area contributed by atoms with E-state index in [1.807, 2.05) is 18.2 Å². The molecule has 28 heavy (non-hydrogen) atoms. The van der Waals surface area contributed by atoms with Crippen LogP contribution in [-0.4, -0.2) is 63.2 Å². The van der Waals surface area contributed by atoms with Gasteiger partial charge in [0.1, 0.15) is 6.54 Å². The molecule has 2 fully saturated rings. The first-order valence-corrected chi connectivity index (χ1v) is 10.5. The Balaban J connectivity index is 1.62. The van der Waals surface area contributed by atoms with Gasteiger partial charge < -0.3 is 20.3 Å². The van der Waals surface area contributed by atoms with Crippen LogP contribution in [0, 0.1) is 0 Å². The number of nitrogens with one attached hydrogen (secondary N) is 2. The molecule has 2 N–H and O–H groups in total. The third kappa shape index (κ3) is 5.61. The predicted molar refractivity (Wildman–Crippen MR) is 113 cm³/mol. The van der Waals surface area contributed by atoms with Crippen molar-refractivity contribution in [3.8, 4) is 0 Å². The van der Waals surface area contributed by atoms with E-state index in [-0.39, 0.29) is 24.0 Å². The van der Waals surface area contributed by atoms with Gasteiger partial charge in [-0.2, -0.15) is 0 Å². The van der Waals surface area contributed by atoms with Crippen molar-refractivity contribution in [3.05, 3.63) is 34.9 Å². The molecule has 7 heteroatoms. The van der Waals surface area contributed by atoms with E-state index in [4.69, 9.17) is 16.3 Å². The van der Waals surface area contributed by atoms with Crippen molar-refractivity contribution >= 4 is 23.5 Å². The molecular weight excluding hydrogens is 376 g/mol. The van der Waals surface area contributed by atoms with Crippen molar-refractivity contribution < 1.29 is 9.53 Å². The number of nitrogens with zero attached hydrogens (tertiary/aromatic N) is 2. The highest BCUT2D eigenvalue weighted by molar-refractivity contribution is 6.31. The first-order chi connectivity index (χ1) is 13.5. The zero-order chi connectivity index (χ0) is 20.0. The number of likely N-dealkylation sites (N-methyl/N-ethyl adjacent to an activating group) is 1. The van der Waals surface area contributed by atoms with Gasteiger partial charge in [0, 0.05) is 44.2 Å². The number of aliphatic imine (C=N–C) groups is 1. The summed E-state index contributed by atoms with van der Waals surface area (Å²) in [5.41, 5.74) is 1.23.